The van der Waals surface area contributed by atoms with E-state index in [1.165, 1.54) is 5.56 Å². The number of hydrogen-bond donors (Lipinski definition) is 3. The zero-order chi connectivity index (χ0) is 14.4. The van der Waals surface area contributed by atoms with Gasteiger partial charge in [0, 0.05) is 17.6 Å². The summed E-state index contributed by atoms with van der Waals surface area (Å²) in [7, 11) is 0. The molecule has 2 rings (SSSR count). The predicted octanol–water partition coefficient (Wildman–Crippen LogP) is 2.65. The highest BCUT2D eigenvalue weighted by Crippen LogP contribution is 2.23. The van der Waals surface area contributed by atoms with Crippen molar-refractivity contribution in [1.29, 1.82) is 0 Å². The van der Waals surface area contributed by atoms with Gasteiger partial charge in [0.1, 0.15) is 5.75 Å². The van der Waals surface area contributed by atoms with Crippen molar-refractivity contribution in [3.05, 3.63) is 65.7 Å². The molecule has 0 saturated carbocycles. The van der Waals surface area contributed by atoms with Crippen LogP contribution in [0.4, 0.5) is 0 Å². The molecule has 20 heavy (non-hydrogen) atoms. The van der Waals surface area contributed by atoms with E-state index in [1.807, 2.05) is 37.3 Å². The SMILES string of the molecule is CC(N[C@@H](CO)Cc1ccccc1)c1ccccc1O. The van der Waals surface area contributed by atoms with Gasteiger partial charge in [0.2, 0.25) is 0 Å². The lowest BCUT2D eigenvalue weighted by Gasteiger charge is -2.22. The molecule has 0 aliphatic carbocycles. The van der Waals surface area contributed by atoms with Crippen molar-refractivity contribution in [1.82, 2.24) is 5.32 Å². The summed E-state index contributed by atoms with van der Waals surface area (Å²) in [5, 5.41) is 22.7. The van der Waals surface area contributed by atoms with Gasteiger partial charge in [-0.15, -0.1) is 0 Å². The van der Waals surface area contributed by atoms with E-state index in [4.69, 9.17) is 0 Å². The van der Waals surface area contributed by atoms with E-state index >= 15 is 0 Å². The van der Waals surface area contributed by atoms with Gasteiger partial charge in [0.05, 0.1) is 6.61 Å². The number of phenols is 1. The number of para-hydroxylation sites is 1. The highest BCUT2D eigenvalue weighted by atomic mass is 16.3. The van der Waals surface area contributed by atoms with Gasteiger partial charge < -0.3 is 15.5 Å². The Bertz CT molecular complexity index is 528. The minimum Gasteiger partial charge on any atom is -0.508 e. The molecule has 0 aliphatic heterocycles. The topological polar surface area (TPSA) is 52.5 Å². The van der Waals surface area contributed by atoms with Gasteiger partial charge in [-0.2, -0.15) is 0 Å². The Morgan fingerprint density at radius 2 is 1.65 bits per heavy atom. The average molecular weight is 271 g/mol. The van der Waals surface area contributed by atoms with Gasteiger partial charge in [-0.1, -0.05) is 48.5 Å². The van der Waals surface area contributed by atoms with E-state index in [1.54, 1.807) is 12.1 Å². The standard InChI is InChI=1S/C17H21NO2/c1-13(16-9-5-6-10-17(16)20)18-15(12-19)11-14-7-3-2-4-8-14/h2-10,13,15,18-20H,11-12H2,1H3/t13?,15-/m1/s1. The van der Waals surface area contributed by atoms with Gasteiger partial charge >= 0.3 is 0 Å². The number of phenolic OH excluding ortho intramolecular Hbond substituents is 1. The molecule has 3 N–H and O–H groups in total. The summed E-state index contributed by atoms with van der Waals surface area (Å²) in [4.78, 5) is 0. The molecular weight excluding hydrogens is 250 g/mol. The second-order valence-electron chi connectivity index (χ2n) is 5.02. The quantitative estimate of drug-likeness (QED) is 0.757. The fourth-order valence-corrected chi connectivity index (χ4v) is 2.37. The van der Waals surface area contributed by atoms with Crippen LogP contribution in [0.15, 0.2) is 54.6 Å². The molecule has 0 amide bonds. The molecule has 0 radical (unpaired) electrons. The van der Waals surface area contributed by atoms with Crippen molar-refractivity contribution in [2.45, 2.75) is 25.4 Å². The van der Waals surface area contributed by atoms with E-state index in [0.717, 1.165) is 12.0 Å². The molecule has 2 aromatic carbocycles. The van der Waals surface area contributed by atoms with Crippen molar-refractivity contribution in [3.8, 4) is 5.75 Å². The van der Waals surface area contributed by atoms with E-state index in [2.05, 4.69) is 17.4 Å². The Hall–Kier alpha value is -1.84. The summed E-state index contributed by atoms with van der Waals surface area (Å²) in [6.07, 6.45) is 0.759. The Kier molecular flexibility index (Phi) is 5.16. The van der Waals surface area contributed by atoms with Crippen LogP contribution in [0.3, 0.4) is 0 Å². The van der Waals surface area contributed by atoms with Crippen LogP contribution in [0, 0.1) is 0 Å². The molecule has 3 nitrogen and oxygen atoms in total. The minimum atomic E-state index is -0.0352. The summed E-state index contributed by atoms with van der Waals surface area (Å²) in [6, 6.07) is 17.3. The molecule has 0 saturated heterocycles. The molecule has 2 aromatic rings. The van der Waals surface area contributed by atoms with Crippen LogP contribution in [0.1, 0.15) is 24.1 Å². The molecule has 0 spiro atoms. The number of nitrogens with one attached hydrogen (secondary N) is 1. The summed E-state index contributed by atoms with van der Waals surface area (Å²) < 4.78 is 0. The van der Waals surface area contributed by atoms with Gasteiger partial charge in [-0.05, 0) is 25.0 Å². The molecule has 2 atom stereocenters. The van der Waals surface area contributed by atoms with Gasteiger partial charge in [0.25, 0.3) is 0 Å². The third-order valence-corrected chi connectivity index (χ3v) is 3.43. The van der Waals surface area contributed by atoms with Gasteiger partial charge in [0.15, 0.2) is 0 Å². The average Bonchev–Trinajstić information content (AvgIpc) is 2.48. The van der Waals surface area contributed by atoms with Crippen LogP contribution in [0.25, 0.3) is 0 Å². The third-order valence-electron chi connectivity index (χ3n) is 3.43. The lowest BCUT2D eigenvalue weighted by molar-refractivity contribution is 0.232. The summed E-state index contributed by atoms with van der Waals surface area (Å²) >= 11 is 0. The van der Waals surface area contributed by atoms with Crippen LogP contribution in [-0.4, -0.2) is 22.9 Å². The van der Waals surface area contributed by atoms with Crippen molar-refractivity contribution in [3.63, 3.8) is 0 Å². The van der Waals surface area contributed by atoms with Crippen molar-refractivity contribution >= 4 is 0 Å². The molecule has 3 heteroatoms. The molecule has 0 aromatic heterocycles. The van der Waals surface area contributed by atoms with Crippen LogP contribution in [0.2, 0.25) is 0 Å². The van der Waals surface area contributed by atoms with Crippen LogP contribution in [0.5, 0.6) is 5.75 Å². The summed E-state index contributed by atoms with van der Waals surface area (Å²) in [6.45, 7) is 2.05. The Morgan fingerprint density at radius 3 is 2.30 bits per heavy atom. The largest absolute Gasteiger partial charge is 0.508 e. The van der Waals surface area contributed by atoms with Gasteiger partial charge in [-0.3, -0.25) is 0 Å². The number of hydrogen-bond acceptors (Lipinski definition) is 3. The summed E-state index contributed by atoms with van der Waals surface area (Å²) in [5.41, 5.74) is 2.03. The third kappa shape index (κ3) is 3.83. The highest BCUT2D eigenvalue weighted by Gasteiger charge is 2.15. The zero-order valence-electron chi connectivity index (χ0n) is 11.7. The van der Waals surface area contributed by atoms with E-state index < -0.39 is 0 Å². The molecular formula is C17H21NO2. The normalized spacial score (nSPS) is 13.9. The fraction of sp³-hybridized carbons (Fsp3) is 0.294. The lowest BCUT2D eigenvalue weighted by Crippen LogP contribution is -2.36. The molecule has 1 unspecified atom stereocenters. The van der Waals surface area contributed by atoms with Crippen molar-refractivity contribution in [2.24, 2.45) is 0 Å². The fourth-order valence-electron chi connectivity index (χ4n) is 2.37. The molecule has 0 bridgehead atoms. The van der Waals surface area contributed by atoms with E-state index in [-0.39, 0.29) is 24.4 Å². The van der Waals surface area contributed by atoms with Crippen LogP contribution in [-0.2, 0) is 6.42 Å². The number of aliphatic hydroxyl groups excluding tert-OH is 1. The van der Waals surface area contributed by atoms with Crippen molar-refractivity contribution < 1.29 is 10.2 Å². The maximum Gasteiger partial charge on any atom is 0.120 e. The molecule has 0 heterocycles. The maximum absolute atomic E-state index is 9.85. The first-order valence-corrected chi connectivity index (χ1v) is 6.89. The number of benzene rings is 2. The maximum atomic E-state index is 9.85. The first kappa shape index (κ1) is 14.6. The van der Waals surface area contributed by atoms with Crippen LogP contribution >= 0.6 is 0 Å². The zero-order valence-corrected chi connectivity index (χ0v) is 11.7. The predicted molar refractivity (Wildman–Crippen MR) is 80.7 cm³/mol. The van der Waals surface area contributed by atoms with E-state index in [9.17, 15) is 10.2 Å². The molecule has 106 valence electrons. The Labute approximate surface area is 119 Å². The minimum absolute atomic E-state index is 0.0166. The number of aromatic hydroxyl groups is 1. The Balaban J connectivity index is 2.01. The second kappa shape index (κ2) is 7.08. The highest BCUT2D eigenvalue weighted by molar-refractivity contribution is 5.34. The van der Waals surface area contributed by atoms with Crippen LogP contribution < -0.4 is 5.32 Å². The number of rotatable bonds is 6. The van der Waals surface area contributed by atoms with E-state index in [0.29, 0.717) is 0 Å². The Morgan fingerprint density at radius 1 is 1.00 bits per heavy atom. The van der Waals surface area contributed by atoms with Crippen molar-refractivity contribution in [2.75, 3.05) is 6.61 Å². The first-order chi connectivity index (χ1) is 9.70. The first-order valence-electron chi connectivity index (χ1n) is 6.89. The smallest absolute Gasteiger partial charge is 0.120 e. The monoisotopic (exact) mass is 271 g/mol. The molecule has 0 fully saturated rings. The molecule has 0 aliphatic rings. The number of aliphatic hydroxyl groups is 1. The second-order valence-corrected chi connectivity index (χ2v) is 5.02. The lowest BCUT2D eigenvalue weighted by atomic mass is 10.0. The van der Waals surface area contributed by atoms with Gasteiger partial charge in [-0.25, -0.2) is 0 Å². The summed E-state index contributed by atoms with van der Waals surface area (Å²) in [5.74, 6) is 0.281.